The number of aliphatic hydroxyl groups excluding tert-OH is 2. The fraction of sp³-hybridized carbons (Fsp3) is 0.390. The standard InChI is InChI=1S/C21H24N6O3.C18H19N5O.C2H7NO/c28-11-9-22-21(29)23-15-5-3-14(4-6-15)19-24-20(18-2-1-10-27(18)25-19)26-12-16-7-8-17(13-26)30-16;19-13-5-3-12(4-6-13)17-20-18(16-2-1-9-23(16)21-17)22-10-14-7-8-15(11-22)24-14;3-1-2-4/h1-6,10,16-17,28H,7-9,11-13H2,(H2,22,23,29);1-6,9,14-15H,7-8,10-11,19H2;4H,1-3H2/t16-,17+;14-,15+;. The van der Waals surface area contributed by atoms with Gasteiger partial charge in [-0.3, -0.25) is 0 Å². The van der Waals surface area contributed by atoms with Crippen molar-refractivity contribution in [3.05, 3.63) is 85.2 Å². The molecule has 8 N–H and O–H groups in total. The quantitative estimate of drug-likeness (QED) is 0.122. The van der Waals surface area contributed by atoms with Gasteiger partial charge >= 0.3 is 6.03 Å². The Bertz CT molecular complexity index is 2270. The number of morpholine rings is 2. The first-order valence-electron chi connectivity index (χ1n) is 19.8. The van der Waals surface area contributed by atoms with E-state index in [2.05, 4.69) is 36.7 Å². The van der Waals surface area contributed by atoms with E-state index in [4.69, 9.17) is 41.1 Å². The number of hydrogen-bond donors (Lipinski definition) is 6. The minimum atomic E-state index is -0.356. The molecule has 0 unspecified atom stereocenters. The average Bonchev–Trinajstić information content (AvgIpc) is 4.07. The number of aliphatic hydroxyl groups is 2. The van der Waals surface area contributed by atoms with Crippen LogP contribution in [0.5, 0.6) is 0 Å². The molecule has 17 heteroatoms. The zero-order chi connectivity index (χ0) is 40.0. The number of benzene rings is 2. The molecule has 6 aromatic rings. The number of nitrogens with zero attached hydrogens (tertiary/aromatic N) is 8. The third-order valence-corrected chi connectivity index (χ3v) is 10.5. The van der Waals surface area contributed by atoms with Gasteiger partial charge in [0.2, 0.25) is 0 Å². The predicted octanol–water partition coefficient (Wildman–Crippen LogP) is 3.16. The zero-order valence-electron chi connectivity index (χ0n) is 32.2. The summed E-state index contributed by atoms with van der Waals surface area (Å²) >= 11 is 0. The van der Waals surface area contributed by atoms with E-state index in [9.17, 15) is 4.79 Å². The van der Waals surface area contributed by atoms with Crippen molar-refractivity contribution in [2.75, 3.05) is 73.3 Å². The van der Waals surface area contributed by atoms with E-state index in [0.717, 1.165) is 91.3 Å². The predicted molar refractivity (Wildman–Crippen MR) is 222 cm³/mol. The second-order valence-electron chi connectivity index (χ2n) is 14.7. The summed E-state index contributed by atoms with van der Waals surface area (Å²) in [5.74, 6) is 3.26. The normalized spacial score (nSPS) is 20.7. The Morgan fingerprint density at radius 1 is 0.690 bits per heavy atom. The van der Waals surface area contributed by atoms with Crippen molar-refractivity contribution in [1.82, 2.24) is 34.5 Å². The molecular formula is C41H50N12O5. The molecule has 4 atom stereocenters. The summed E-state index contributed by atoms with van der Waals surface area (Å²) in [5, 5.41) is 31.1. The molecule has 304 valence electrons. The van der Waals surface area contributed by atoms with Gasteiger partial charge in [-0.15, -0.1) is 10.2 Å². The largest absolute Gasteiger partial charge is 0.399 e. The maximum Gasteiger partial charge on any atom is 0.319 e. The molecule has 0 aliphatic carbocycles. The van der Waals surface area contributed by atoms with Crippen LogP contribution in [-0.4, -0.2) is 122 Å². The van der Waals surface area contributed by atoms with Gasteiger partial charge in [0.05, 0.1) is 37.6 Å². The van der Waals surface area contributed by atoms with Gasteiger partial charge in [0.1, 0.15) is 11.0 Å². The lowest BCUT2D eigenvalue weighted by Gasteiger charge is -2.33. The molecule has 8 heterocycles. The number of urea groups is 1. The molecule has 0 saturated carbocycles. The number of nitrogens with two attached hydrogens (primary N) is 2. The van der Waals surface area contributed by atoms with Crippen LogP contribution in [0.3, 0.4) is 0 Å². The molecule has 17 nitrogen and oxygen atoms in total. The van der Waals surface area contributed by atoms with Gasteiger partial charge < -0.3 is 51.6 Å². The highest BCUT2D eigenvalue weighted by molar-refractivity contribution is 5.89. The molecule has 4 aliphatic rings. The highest BCUT2D eigenvalue weighted by Gasteiger charge is 2.36. The van der Waals surface area contributed by atoms with E-state index in [1.165, 1.54) is 0 Å². The van der Waals surface area contributed by atoms with Gasteiger partial charge in [-0.2, -0.15) is 0 Å². The first-order chi connectivity index (χ1) is 28.4. The second-order valence-corrected chi connectivity index (χ2v) is 14.7. The van der Waals surface area contributed by atoms with Gasteiger partial charge in [-0.25, -0.2) is 23.8 Å². The summed E-state index contributed by atoms with van der Waals surface area (Å²) in [6.45, 7) is 4.07. The summed E-state index contributed by atoms with van der Waals surface area (Å²) in [6.07, 6.45) is 9.62. The number of fused-ring (bicyclic) bond motifs is 6. The minimum absolute atomic E-state index is 0.0972. The highest BCUT2D eigenvalue weighted by Crippen LogP contribution is 2.33. The number of nitrogen functional groups attached to an aromatic ring is 1. The van der Waals surface area contributed by atoms with E-state index in [-0.39, 0.29) is 38.0 Å². The molecule has 4 fully saturated rings. The maximum atomic E-state index is 11.7. The molecule has 4 aliphatic heterocycles. The van der Waals surface area contributed by atoms with Gasteiger partial charge in [0, 0.05) is 74.2 Å². The number of aromatic nitrogens is 6. The van der Waals surface area contributed by atoms with E-state index in [1.54, 1.807) is 0 Å². The molecule has 0 spiro atoms. The van der Waals surface area contributed by atoms with Crippen LogP contribution in [-0.2, 0) is 9.47 Å². The summed E-state index contributed by atoms with van der Waals surface area (Å²) < 4.78 is 15.7. The van der Waals surface area contributed by atoms with Gasteiger partial charge in [-0.1, -0.05) is 0 Å². The summed E-state index contributed by atoms with van der Waals surface area (Å²) in [5.41, 5.74) is 15.8. The number of carbonyl (C=O) groups excluding carboxylic acids is 1. The monoisotopic (exact) mass is 790 g/mol. The molecule has 2 amide bonds. The number of anilines is 4. The van der Waals surface area contributed by atoms with Crippen LogP contribution in [0, 0.1) is 0 Å². The van der Waals surface area contributed by atoms with Crippen LogP contribution < -0.4 is 31.9 Å². The molecule has 4 saturated heterocycles. The smallest absolute Gasteiger partial charge is 0.319 e. The molecule has 58 heavy (non-hydrogen) atoms. The Morgan fingerprint density at radius 3 is 1.57 bits per heavy atom. The van der Waals surface area contributed by atoms with E-state index in [1.807, 2.05) is 88.2 Å². The lowest BCUT2D eigenvalue weighted by atomic mass is 10.2. The lowest BCUT2D eigenvalue weighted by molar-refractivity contribution is 0.0301. The third-order valence-electron chi connectivity index (χ3n) is 10.5. The molecule has 0 radical (unpaired) electrons. The number of amides is 2. The SMILES string of the molecule is NCCO.Nc1ccc(-c2nc(N3C[C@H]4CC[C@@H](C3)O4)c3cccn3n2)cc1.O=C(NCCO)Nc1ccc(-c2nc(N3C[C@H]4CC[C@@H](C3)O4)c3cccn3n2)cc1. The van der Waals surface area contributed by atoms with Gasteiger partial charge in [-0.05, 0) is 98.5 Å². The van der Waals surface area contributed by atoms with Gasteiger partial charge in [0.15, 0.2) is 23.3 Å². The summed E-state index contributed by atoms with van der Waals surface area (Å²) in [4.78, 5) is 26.2. The number of rotatable bonds is 8. The van der Waals surface area contributed by atoms with Crippen molar-refractivity contribution in [1.29, 1.82) is 0 Å². The summed E-state index contributed by atoms with van der Waals surface area (Å²) in [7, 11) is 0. The average molecular weight is 791 g/mol. The Hall–Kier alpha value is -5.85. The van der Waals surface area contributed by atoms with Crippen LogP contribution in [0.1, 0.15) is 25.7 Å². The Morgan fingerprint density at radius 2 is 1.14 bits per heavy atom. The number of ether oxygens (including phenoxy) is 2. The maximum absolute atomic E-state index is 11.7. The van der Waals surface area contributed by atoms with Crippen molar-refractivity contribution in [2.24, 2.45) is 5.73 Å². The first kappa shape index (κ1) is 39.0. The van der Waals surface area contributed by atoms with Crippen LogP contribution in [0.4, 0.5) is 27.8 Å². The van der Waals surface area contributed by atoms with E-state index < -0.39 is 0 Å². The van der Waals surface area contributed by atoms with Crippen molar-refractivity contribution >= 4 is 40.1 Å². The summed E-state index contributed by atoms with van der Waals surface area (Å²) in [6, 6.07) is 22.8. The number of carbonyl (C=O) groups is 1. The van der Waals surface area contributed by atoms with Crippen molar-refractivity contribution in [3.63, 3.8) is 0 Å². The molecule has 4 bridgehead atoms. The third kappa shape index (κ3) is 8.83. The molecule has 4 aromatic heterocycles. The Kier molecular flexibility index (Phi) is 11.9. The lowest BCUT2D eigenvalue weighted by Crippen LogP contribution is -2.43. The Labute approximate surface area is 335 Å². The van der Waals surface area contributed by atoms with Crippen LogP contribution in [0.25, 0.3) is 33.8 Å². The van der Waals surface area contributed by atoms with Crippen LogP contribution in [0.2, 0.25) is 0 Å². The fourth-order valence-corrected chi connectivity index (χ4v) is 7.80. The van der Waals surface area contributed by atoms with Crippen LogP contribution >= 0.6 is 0 Å². The fourth-order valence-electron chi connectivity index (χ4n) is 7.80. The van der Waals surface area contributed by atoms with Crippen molar-refractivity contribution in [3.8, 4) is 22.8 Å². The zero-order valence-corrected chi connectivity index (χ0v) is 32.2. The van der Waals surface area contributed by atoms with E-state index in [0.29, 0.717) is 36.1 Å². The van der Waals surface area contributed by atoms with Gasteiger partial charge in [0.25, 0.3) is 0 Å². The van der Waals surface area contributed by atoms with Crippen molar-refractivity contribution < 1.29 is 24.5 Å². The Balaban J connectivity index is 0.000000151. The van der Waals surface area contributed by atoms with E-state index >= 15 is 0 Å². The first-order valence-corrected chi connectivity index (χ1v) is 19.8. The second kappa shape index (κ2) is 17.7. The van der Waals surface area contributed by atoms with Crippen molar-refractivity contribution in [2.45, 2.75) is 50.1 Å². The van der Waals surface area contributed by atoms with Crippen LogP contribution in [0.15, 0.2) is 85.2 Å². The highest BCUT2D eigenvalue weighted by atomic mass is 16.5. The molecule has 2 aromatic carbocycles. The topological polar surface area (TPSA) is 219 Å². The minimum Gasteiger partial charge on any atom is -0.399 e. The number of hydrogen-bond acceptors (Lipinski definition) is 13. The molecule has 10 rings (SSSR count). The number of nitrogens with one attached hydrogen (secondary N) is 2. The molecular weight excluding hydrogens is 741 g/mol.